The molecule has 0 amide bonds. The van der Waals surface area contributed by atoms with Crippen LogP contribution >= 0.6 is 11.6 Å². The van der Waals surface area contributed by atoms with Crippen LogP contribution in [0.2, 0.25) is 0 Å². The van der Waals surface area contributed by atoms with Gasteiger partial charge in [0.1, 0.15) is 0 Å². The van der Waals surface area contributed by atoms with Crippen LogP contribution in [0.3, 0.4) is 0 Å². The Morgan fingerprint density at radius 2 is 1.82 bits per heavy atom. The van der Waals surface area contributed by atoms with Gasteiger partial charge in [0, 0.05) is 18.6 Å². The van der Waals surface area contributed by atoms with E-state index in [0.29, 0.717) is 5.38 Å². The molecule has 0 spiro atoms. The Balaban J connectivity index is 1.80. The first-order valence-corrected chi connectivity index (χ1v) is 7.95. The van der Waals surface area contributed by atoms with Crippen molar-refractivity contribution >= 4 is 11.6 Å². The number of ether oxygens (including phenoxy) is 1. The lowest BCUT2D eigenvalue weighted by Gasteiger charge is -2.36. The molecule has 2 rings (SSSR count). The van der Waals surface area contributed by atoms with Gasteiger partial charge in [0.25, 0.3) is 0 Å². The van der Waals surface area contributed by atoms with Crippen molar-refractivity contribution in [2.24, 2.45) is 17.8 Å². The summed E-state index contributed by atoms with van der Waals surface area (Å²) in [5.74, 6) is 2.63. The van der Waals surface area contributed by atoms with Gasteiger partial charge in [-0.25, -0.2) is 0 Å². The zero-order chi connectivity index (χ0) is 12.1. The summed E-state index contributed by atoms with van der Waals surface area (Å²) >= 11 is 6.54. The molecule has 0 bridgehead atoms. The molecule has 17 heavy (non-hydrogen) atoms. The van der Waals surface area contributed by atoms with E-state index in [1.807, 2.05) is 0 Å². The van der Waals surface area contributed by atoms with Crippen LogP contribution in [0.25, 0.3) is 0 Å². The van der Waals surface area contributed by atoms with Gasteiger partial charge in [-0.05, 0) is 56.3 Å². The second-order valence-corrected chi connectivity index (χ2v) is 6.60. The Kier molecular flexibility index (Phi) is 5.62. The average Bonchev–Trinajstić information content (AvgIpc) is 2.35. The van der Waals surface area contributed by atoms with Crippen molar-refractivity contribution in [3.05, 3.63) is 0 Å². The minimum Gasteiger partial charge on any atom is -0.381 e. The molecule has 1 saturated carbocycles. The third kappa shape index (κ3) is 4.13. The molecule has 2 heteroatoms. The van der Waals surface area contributed by atoms with Crippen molar-refractivity contribution in [1.29, 1.82) is 0 Å². The first kappa shape index (κ1) is 13.7. The third-order valence-corrected chi connectivity index (χ3v) is 5.25. The number of rotatable bonds is 4. The van der Waals surface area contributed by atoms with Crippen LogP contribution in [0.5, 0.6) is 0 Å². The topological polar surface area (TPSA) is 9.23 Å². The minimum absolute atomic E-state index is 0.450. The minimum atomic E-state index is 0.450. The zero-order valence-corrected chi connectivity index (χ0v) is 11.9. The van der Waals surface area contributed by atoms with Crippen molar-refractivity contribution in [1.82, 2.24) is 0 Å². The molecule has 1 saturated heterocycles. The van der Waals surface area contributed by atoms with Gasteiger partial charge < -0.3 is 4.74 Å². The maximum absolute atomic E-state index is 6.54. The Labute approximate surface area is 111 Å². The van der Waals surface area contributed by atoms with Gasteiger partial charge in [0.15, 0.2) is 0 Å². The summed E-state index contributed by atoms with van der Waals surface area (Å²) in [4.78, 5) is 0. The van der Waals surface area contributed by atoms with Crippen molar-refractivity contribution in [2.75, 3.05) is 13.2 Å². The summed E-state index contributed by atoms with van der Waals surface area (Å²) in [5, 5.41) is 0.450. The Morgan fingerprint density at radius 3 is 2.53 bits per heavy atom. The summed E-state index contributed by atoms with van der Waals surface area (Å²) in [6.07, 6.45) is 10.6. The number of halogens is 1. The van der Waals surface area contributed by atoms with E-state index in [1.165, 1.54) is 51.4 Å². The highest BCUT2D eigenvalue weighted by atomic mass is 35.5. The van der Waals surface area contributed by atoms with Gasteiger partial charge in [-0.15, -0.1) is 11.6 Å². The smallest absolute Gasteiger partial charge is 0.0468 e. The van der Waals surface area contributed by atoms with Gasteiger partial charge in [-0.1, -0.05) is 19.8 Å². The number of hydrogen-bond acceptors (Lipinski definition) is 1. The van der Waals surface area contributed by atoms with E-state index in [2.05, 4.69) is 6.92 Å². The summed E-state index contributed by atoms with van der Waals surface area (Å²) in [5.41, 5.74) is 0. The molecule has 1 heterocycles. The molecule has 1 aliphatic carbocycles. The van der Waals surface area contributed by atoms with Crippen LogP contribution in [-0.4, -0.2) is 18.6 Å². The Morgan fingerprint density at radius 1 is 1.06 bits per heavy atom. The summed E-state index contributed by atoms with van der Waals surface area (Å²) in [6, 6.07) is 0. The zero-order valence-electron chi connectivity index (χ0n) is 11.2. The monoisotopic (exact) mass is 258 g/mol. The lowest BCUT2D eigenvalue weighted by atomic mass is 9.74. The molecule has 1 nitrogen and oxygen atoms in total. The fourth-order valence-corrected chi connectivity index (χ4v) is 3.98. The molecule has 2 aliphatic rings. The molecule has 0 aromatic carbocycles. The summed E-state index contributed by atoms with van der Waals surface area (Å²) < 4.78 is 5.44. The predicted octanol–water partition coefficient (Wildman–Crippen LogP) is 4.63. The van der Waals surface area contributed by atoms with Crippen molar-refractivity contribution in [3.8, 4) is 0 Å². The van der Waals surface area contributed by atoms with E-state index < -0.39 is 0 Å². The molecule has 1 aliphatic heterocycles. The highest BCUT2D eigenvalue weighted by Gasteiger charge is 2.30. The van der Waals surface area contributed by atoms with E-state index in [9.17, 15) is 0 Å². The maximum Gasteiger partial charge on any atom is 0.0468 e. The van der Waals surface area contributed by atoms with E-state index in [4.69, 9.17) is 16.3 Å². The molecule has 0 aromatic rings. The van der Waals surface area contributed by atoms with E-state index in [1.54, 1.807) is 0 Å². The molecule has 3 atom stereocenters. The number of hydrogen-bond donors (Lipinski definition) is 0. The van der Waals surface area contributed by atoms with Crippen LogP contribution in [0.4, 0.5) is 0 Å². The molecular formula is C15H27ClO. The van der Waals surface area contributed by atoms with Crippen molar-refractivity contribution in [3.63, 3.8) is 0 Å². The van der Waals surface area contributed by atoms with Crippen LogP contribution in [0.1, 0.15) is 58.3 Å². The quantitative estimate of drug-likeness (QED) is 0.669. The summed E-state index contributed by atoms with van der Waals surface area (Å²) in [7, 11) is 0. The van der Waals surface area contributed by atoms with E-state index in [0.717, 1.165) is 31.0 Å². The summed E-state index contributed by atoms with van der Waals surface area (Å²) in [6.45, 7) is 4.26. The van der Waals surface area contributed by atoms with Gasteiger partial charge in [-0.2, -0.15) is 0 Å². The Hall–Kier alpha value is 0.250. The third-order valence-electron chi connectivity index (χ3n) is 4.67. The fourth-order valence-electron chi connectivity index (χ4n) is 3.65. The SMILES string of the molecule is CCCC1CCC(Cl)C(CC2CCOCC2)C1. The second-order valence-electron chi connectivity index (χ2n) is 6.04. The van der Waals surface area contributed by atoms with E-state index >= 15 is 0 Å². The molecule has 2 fully saturated rings. The average molecular weight is 259 g/mol. The molecule has 0 radical (unpaired) electrons. The van der Waals surface area contributed by atoms with Crippen molar-refractivity contribution < 1.29 is 4.74 Å². The van der Waals surface area contributed by atoms with Crippen LogP contribution in [0.15, 0.2) is 0 Å². The highest BCUT2D eigenvalue weighted by Crippen LogP contribution is 2.39. The van der Waals surface area contributed by atoms with Crippen LogP contribution < -0.4 is 0 Å². The van der Waals surface area contributed by atoms with Crippen molar-refractivity contribution in [2.45, 2.75) is 63.7 Å². The molecule has 0 N–H and O–H groups in total. The standard InChI is InChI=1S/C15H27ClO/c1-2-3-12-4-5-15(16)14(10-12)11-13-6-8-17-9-7-13/h12-15H,2-11H2,1H3. The fraction of sp³-hybridized carbons (Fsp3) is 1.00. The van der Waals surface area contributed by atoms with Gasteiger partial charge >= 0.3 is 0 Å². The molecule has 100 valence electrons. The second kappa shape index (κ2) is 6.99. The first-order valence-electron chi connectivity index (χ1n) is 7.51. The lowest BCUT2D eigenvalue weighted by Crippen LogP contribution is -2.29. The lowest BCUT2D eigenvalue weighted by molar-refractivity contribution is 0.0544. The highest BCUT2D eigenvalue weighted by molar-refractivity contribution is 6.20. The largest absolute Gasteiger partial charge is 0.381 e. The molecular weight excluding hydrogens is 232 g/mol. The van der Waals surface area contributed by atoms with Crippen LogP contribution in [0, 0.1) is 17.8 Å². The van der Waals surface area contributed by atoms with E-state index in [-0.39, 0.29) is 0 Å². The predicted molar refractivity (Wildman–Crippen MR) is 73.5 cm³/mol. The van der Waals surface area contributed by atoms with Gasteiger partial charge in [0.2, 0.25) is 0 Å². The molecule has 0 aromatic heterocycles. The van der Waals surface area contributed by atoms with Gasteiger partial charge in [-0.3, -0.25) is 0 Å². The Bertz CT molecular complexity index is 213. The van der Waals surface area contributed by atoms with Gasteiger partial charge in [0.05, 0.1) is 0 Å². The van der Waals surface area contributed by atoms with Crippen LogP contribution in [-0.2, 0) is 4.74 Å². The maximum atomic E-state index is 6.54. The first-order chi connectivity index (χ1) is 8.29. The molecule has 3 unspecified atom stereocenters. The normalized spacial score (nSPS) is 36.0. The number of alkyl halides is 1.